The van der Waals surface area contributed by atoms with Crippen LogP contribution in [0.3, 0.4) is 0 Å². The number of hydrogen-bond acceptors (Lipinski definition) is 2. The van der Waals surface area contributed by atoms with Crippen LogP contribution in [0.2, 0.25) is 16.6 Å². The second-order valence-corrected chi connectivity index (χ2v) is 13.9. The maximum Gasteiger partial charge on any atom is 0.258 e. The molecule has 1 aromatic carbocycles. The van der Waals surface area contributed by atoms with Crippen molar-refractivity contribution in [3.05, 3.63) is 47.0 Å². The van der Waals surface area contributed by atoms with E-state index in [9.17, 15) is 13.2 Å². The molecule has 0 spiro atoms. The van der Waals surface area contributed by atoms with E-state index in [-0.39, 0.29) is 11.5 Å². The fourth-order valence-electron chi connectivity index (χ4n) is 4.75. The van der Waals surface area contributed by atoms with E-state index in [1.54, 1.807) is 0 Å². The van der Waals surface area contributed by atoms with Crippen molar-refractivity contribution in [1.29, 1.82) is 0 Å². The van der Waals surface area contributed by atoms with Gasteiger partial charge in [-0.1, -0.05) is 41.5 Å². The maximum atomic E-state index is 14.2. The summed E-state index contributed by atoms with van der Waals surface area (Å²) in [6.07, 6.45) is 3.02. The third kappa shape index (κ3) is 4.26. The number of halogens is 3. The molecule has 0 bridgehead atoms. The molecule has 0 saturated carbocycles. The van der Waals surface area contributed by atoms with Crippen molar-refractivity contribution in [2.24, 2.45) is 5.73 Å². The molecule has 152 valence electrons. The zero-order valence-electron chi connectivity index (χ0n) is 17.2. The van der Waals surface area contributed by atoms with Crippen LogP contribution in [-0.2, 0) is 4.43 Å². The van der Waals surface area contributed by atoms with Crippen LogP contribution in [-0.4, -0.2) is 14.4 Å². The Morgan fingerprint density at radius 2 is 1.44 bits per heavy atom. The molecule has 2 unspecified atom stereocenters. The Kier molecular flexibility index (Phi) is 6.84. The fraction of sp³-hybridized carbons (Fsp3) is 0.619. The van der Waals surface area contributed by atoms with Gasteiger partial charge >= 0.3 is 0 Å². The van der Waals surface area contributed by atoms with Crippen LogP contribution in [0.25, 0.3) is 0 Å². The molecule has 2 rings (SSSR count). The van der Waals surface area contributed by atoms with Gasteiger partial charge in [-0.2, -0.15) is 0 Å². The molecule has 0 aliphatic heterocycles. The van der Waals surface area contributed by atoms with E-state index in [4.69, 9.17) is 10.2 Å². The van der Waals surface area contributed by atoms with Crippen molar-refractivity contribution in [2.75, 3.05) is 0 Å². The summed E-state index contributed by atoms with van der Waals surface area (Å²) >= 11 is 0. The first-order chi connectivity index (χ1) is 12.5. The Labute approximate surface area is 162 Å². The summed E-state index contributed by atoms with van der Waals surface area (Å²) < 4.78 is 47.7. The minimum Gasteiger partial charge on any atom is -0.546 e. The van der Waals surface area contributed by atoms with E-state index >= 15 is 0 Å². The number of hydrogen-bond donors (Lipinski definition) is 1. The van der Waals surface area contributed by atoms with Gasteiger partial charge in [-0.25, -0.2) is 13.2 Å². The minimum absolute atomic E-state index is 0.136. The van der Waals surface area contributed by atoms with E-state index in [0.29, 0.717) is 35.5 Å². The lowest BCUT2D eigenvalue weighted by Gasteiger charge is -2.44. The molecule has 0 heterocycles. The smallest absolute Gasteiger partial charge is 0.258 e. The quantitative estimate of drug-likeness (QED) is 0.445. The summed E-state index contributed by atoms with van der Waals surface area (Å²) in [6, 6.07) is 1.04. The highest BCUT2D eigenvalue weighted by Gasteiger charge is 2.47. The van der Waals surface area contributed by atoms with Crippen LogP contribution in [0, 0.1) is 17.5 Å². The molecule has 0 radical (unpaired) electrons. The van der Waals surface area contributed by atoms with Crippen molar-refractivity contribution in [1.82, 2.24) is 0 Å². The zero-order chi connectivity index (χ0) is 20.5. The maximum absolute atomic E-state index is 14.2. The van der Waals surface area contributed by atoms with Crippen LogP contribution >= 0.6 is 0 Å². The molecular weight excluding hydrogens is 367 g/mol. The Bertz CT molecular complexity index is 681. The van der Waals surface area contributed by atoms with E-state index in [0.717, 1.165) is 11.8 Å². The van der Waals surface area contributed by atoms with Crippen LogP contribution in [0.15, 0.2) is 24.0 Å². The summed E-state index contributed by atoms with van der Waals surface area (Å²) in [6.45, 7) is 13.3. The Morgan fingerprint density at radius 3 is 1.93 bits per heavy atom. The highest BCUT2D eigenvalue weighted by Crippen LogP contribution is 2.45. The second-order valence-electron chi connectivity index (χ2n) is 8.56. The number of nitrogens with two attached hydrogens (primary N) is 1. The van der Waals surface area contributed by atoms with E-state index < -0.39 is 31.8 Å². The lowest BCUT2D eigenvalue weighted by molar-refractivity contribution is 0.325. The normalized spacial score (nSPS) is 21.1. The molecule has 2 atom stereocenters. The van der Waals surface area contributed by atoms with Gasteiger partial charge in [0.1, 0.15) is 5.82 Å². The van der Waals surface area contributed by atoms with E-state index in [1.165, 1.54) is 0 Å². The molecule has 1 aromatic rings. The molecule has 0 aromatic heterocycles. The number of allylic oxidation sites excluding steroid dienone is 1. The lowest BCUT2D eigenvalue weighted by atomic mass is 9.83. The van der Waals surface area contributed by atoms with Crippen molar-refractivity contribution in [3.63, 3.8) is 0 Å². The molecule has 2 nitrogen and oxygen atoms in total. The van der Waals surface area contributed by atoms with Crippen LogP contribution in [0.4, 0.5) is 13.2 Å². The van der Waals surface area contributed by atoms with Crippen LogP contribution < -0.4 is 5.73 Å². The van der Waals surface area contributed by atoms with Crippen molar-refractivity contribution >= 4 is 8.32 Å². The summed E-state index contributed by atoms with van der Waals surface area (Å²) in [7, 11) is -2.08. The first-order valence-electron chi connectivity index (χ1n) is 9.80. The average molecular weight is 400 g/mol. The molecule has 0 saturated heterocycles. The van der Waals surface area contributed by atoms with Gasteiger partial charge in [0.2, 0.25) is 0 Å². The molecule has 1 aliphatic rings. The third-order valence-corrected chi connectivity index (χ3v) is 12.0. The molecule has 0 fully saturated rings. The zero-order valence-corrected chi connectivity index (χ0v) is 18.2. The van der Waals surface area contributed by atoms with Crippen molar-refractivity contribution < 1.29 is 17.6 Å². The summed E-state index contributed by atoms with van der Waals surface area (Å²) in [5.41, 5.74) is 7.74. The molecule has 2 N–H and O–H groups in total. The van der Waals surface area contributed by atoms with Crippen molar-refractivity contribution in [2.45, 2.75) is 83.0 Å². The largest absolute Gasteiger partial charge is 0.546 e. The lowest BCUT2D eigenvalue weighted by Crippen LogP contribution is -2.48. The first kappa shape index (κ1) is 22.0. The van der Waals surface area contributed by atoms with Gasteiger partial charge in [0.15, 0.2) is 11.6 Å². The Hall–Kier alpha value is -1.27. The topological polar surface area (TPSA) is 35.2 Å². The van der Waals surface area contributed by atoms with Gasteiger partial charge in [-0.3, -0.25) is 0 Å². The van der Waals surface area contributed by atoms with E-state index in [2.05, 4.69) is 41.5 Å². The fourth-order valence-corrected chi connectivity index (χ4v) is 10.1. The van der Waals surface area contributed by atoms with Crippen LogP contribution in [0.5, 0.6) is 0 Å². The predicted molar refractivity (Wildman–Crippen MR) is 106 cm³/mol. The SMILES string of the molecule is CC(C)[Si](OC1=CC(N)C(c2cc(F)c(F)cc2F)CC1)(C(C)C)C(C)C. The molecular formula is C21H32F3NOSi. The average Bonchev–Trinajstić information content (AvgIpc) is 2.55. The monoisotopic (exact) mass is 399 g/mol. The highest BCUT2D eigenvalue weighted by atomic mass is 28.4. The van der Waals surface area contributed by atoms with Gasteiger partial charge in [0.05, 0.1) is 5.76 Å². The summed E-state index contributed by atoms with van der Waals surface area (Å²) in [5.74, 6) is -2.50. The third-order valence-electron chi connectivity index (χ3n) is 6.00. The van der Waals surface area contributed by atoms with Gasteiger partial charge in [0.25, 0.3) is 8.32 Å². The predicted octanol–water partition coefficient (Wildman–Crippen LogP) is 6.38. The van der Waals surface area contributed by atoms with Gasteiger partial charge in [0, 0.05) is 24.4 Å². The molecule has 1 aliphatic carbocycles. The van der Waals surface area contributed by atoms with Gasteiger partial charge in [-0.15, -0.1) is 0 Å². The highest BCUT2D eigenvalue weighted by molar-refractivity contribution is 6.77. The van der Waals surface area contributed by atoms with Gasteiger partial charge < -0.3 is 10.2 Å². The Balaban J connectivity index is 2.29. The van der Waals surface area contributed by atoms with Gasteiger partial charge in [-0.05, 0) is 40.8 Å². The second kappa shape index (κ2) is 8.39. The Morgan fingerprint density at radius 1 is 0.926 bits per heavy atom. The molecule has 6 heteroatoms. The number of benzene rings is 1. The van der Waals surface area contributed by atoms with Crippen molar-refractivity contribution in [3.8, 4) is 0 Å². The summed E-state index contributed by atoms with van der Waals surface area (Å²) in [5, 5.41) is 0. The minimum atomic E-state index is -2.08. The standard InChI is InChI=1S/C21H32F3NOSi/c1-12(2)27(13(3)4,14(5)6)26-15-7-8-16(21(25)9-15)17-10-19(23)20(24)11-18(17)22/h9-14,16,21H,7-8,25H2,1-6H3. The molecule has 27 heavy (non-hydrogen) atoms. The number of rotatable bonds is 6. The van der Waals surface area contributed by atoms with Crippen LogP contribution in [0.1, 0.15) is 65.9 Å². The summed E-state index contributed by atoms with van der Waals surface area (Å²) in [4.78, 5) is 0. The molecule has 0 amide bonds. The first-order valence-corrected chi connectivity index (χ1v) is 11.9. The van der Waals surface area contributed by atoms with E-state index in [1.807, 2.05) is 6.08 Å².